The third-order valence-corrected chi connectivity index (χ3v) is 4.14. The van der Waals surface area contributed by atoms with E-state index in [1.165, 1.54) is 0 Å². The molecule has 2 amide bonds. The largest absolute Gasteiger partial charge is 0.352 e. The quantitative estimate of drug-likeness (QED) is 0.885. The van der Waals surface area contributed by atoms with Crippen LogP contribution in [-0.2, 0) is 16.1 Å². The zero-order valence-electron chi connectivity index (χ0n) is 12.5. The highest BCUT2D eigenvalue weighted by molar-refractivity contribution is 6.30. The van der Waals surface area contributed by atoms with Gasteiger partial charge in [-0.2, -0.15) is 0 Å². The minimum absolute atomic E-state index is 0.0647. The minimum atomic E-state index is -0.249. The monoisotopic (exact) mass is 328 g/mol. The number of nitrogens with one attached hydrogen (secondary N) is 2. The summed E-state index contributed by atoms with van der Waals surface area (Å²) in [5, 5.41) is 6.31. The summed E-state index contributed by atoms with van der Waals surface area (Å²) < 4.78 is 0. The van der Waals surface area contributed by atoms with Crippen molar-refractivity contribution in [1.82, 2.24) is 5.32 Å². The smallest absolute Gasteiger partial charge is 0.228 e. The van der Waals surface area contributed by atoms with E-state index < -0.39 is 0 Å². The van der Waals surface area contributed by atoms with E-state index in [0.717, 1.165) is 5.56 Å². The Hall–Kier alpha value is -2.33. The summed E-state index contributed by atoms with van der Waals surface area (Å²) in [7, 11) is 0. The molecule has 2 aromatic rings. The van der Waals surface area contributed by atoms with Crippen LogP contribution in [0.2, 0.25) is 5.02 Å². The molecule has 0 radical (unpaired) electrons. The third kappa shape index (κ3) is 4.11. The van der Waals surface area contributed by atoms with Crippen molar-refractivity contribution in [3.63, 3.8) is 0 Å². The molecule has 0 heterocycles. The van der Waals surface area contributed by atoms with Gasteiger partial charge in [0.1, 0.15) is 0 Å². The van der Waals surface area contributed by atoms with Crippen LogP contribution in [0.1, 0.15) is 12.0 Å². The van der Waals surface area contributed by atoms with Gasteiger partial charge in [0.25, 0.3) is 0 Å². The van der Waals surface area contributed by atoms with Crippen molar-refractivity contribution < 1.29 is 9.59 Å². The van der Waals surface area contributed by atoms with Gasteiger partial charge in [0.15, 0.2) is 0 Å². The zero-order chi connectivity index (χ0) is 16.2. The number of hydrogen-bond acceptors (Lipinski definition) is 2. The van der Waals surface area contributed by atoms with E-state index in [4.69, 9.17) is 11.6 Å². The van der Waals surface area contributed by atoms with Crippen LogP contribution in [-0.4, -0.2) is 11.8 Å². The van der Waals surface area contributed by atoms with Gasteiger partial charge < -0.3 is 10.6 Å². The average Bonchev–Trinajstić information content (AvgIpc) is 3.36. The van der Waals surface area contributed by atoms with E-state index in [0.29, 0.717) is 23.7 Å². The number of rotatable bonds is 5. The Bertz CT molecular complexity index is 701. The van der Waals surface area contributed by atoms with Crippen LogP contribution < -0.4 is 10.6 Å². The van der Waals surface area contributed by atoms with Crippen molar-refractivity contribution in [3.05, 3.63) is 65.2 Å². The van der Waals surface area contributed by atoms with Gasteiger partial charge in [-0.05, 0) is 36.2 Å². The van der Waals surface area contributed by atoms with E-state index in [9.17, 15) is 9.59 Å². The number of carbonyl (C=O) groups is 2. The van der Waals surface area contributed by atoms with Crippen molar-refractivity contribution in [3.8, 4) is 0 Å². The SMILES string of the molecule is O=C(NCc1ccccc1)C1CC1C(=O)Nc1ccc(Cl)cc1. The molecule has 2 N–H and O–H groups in total. The first-order valence-electron chi connectivity index (χ1n) is 7.51. The fourth-order valence-electron chi connectivity index (χ4n) is 2.46. The van der Waals surface area contributed by atoms with Crippen LogP contribution in [0.4, 0.5) is 5.69 Å². The van der Waals surface area contributed by atoms with Crippen LogP contribution in [0.3, 0.4) is 0 Å². The van der Waals surface area contributed by atoms with Crippen molar-refractivity contribution in [2.24, 2.45) is 11.8 Å². The second-order valence-corrected chi connectivity index (χ2v) is 6.08. The number of hydrogen-bond donors (Lipinski definition) is 2. The van der Waals surface area contributed by atoms with E-state index in [1.54, 1.807) is 24.3 Å². The molecular formula is C18H17ClN2O2. The molecule has 0 aromatic heterocycles. The summed E-state index contributed by atoms with van der Waals surface area (Å²) in [5.74, 6) is -0.662. The van der Waals surface area contributed by atoms with Crippen molar-refractivity contribution in [1.29, 1.82) is 0 Å². The molecular weight excluding hydrogens is 312 g/mol. The van der Waals surface area contributed by atoms with E-state index in [1.807, 2.05) is 30.3 Å². The maximum Gasteiger partial charge on any atom is 0.228 e. The zero-order valence-corrected chi connectivity index (χ0v) is 13.2. The Balaban J connectivity index is 1.47. The Kier molecular flexibility index (Phi) is 4.63. The summed E-state index contributed by atoms with van der Waals surface area (Å²) >= 11 is 5.81. The van der Waals surface area contributed by atoms with Crippen LogP contribution in [0, 0.1) is 11.8 Å². The summed E-state index contributed by atoms with van der Waals surface area (Å²) in [6.07, 6.45) is 0.597. The van der Waals surface area contributed by atoms with Gasteiger partial charge in [0.05, 0.1) is 11.8 Å². The van der Waals surface area contributed by atoms with Gasteiger partial charge in [0, 0.05) is 17.3 Å². The molecule has 2 aromatic carbocycles. The Morgan fingerprint density at radius 2 is 1.61 bits per heavy atom. The van der Waals surface area contributed by atoms with E-state index in [2.05, 4.69) is 10.6 Å². The van der Waals surface area contributed by atoms with E-state index >= 15 is 0 Å². The lowest BCUT2D eigenvalue weighted by atomic mass is 10.2. The Morgan fingerprint density at radius 1 is 0.957 bits per heavy atom. The molecule has 0 aliphatic heterocycles. The first kappa shape index (κ1) is 15.6. The highest BCUT2D eigenvalue weighted by Crippen LogP contribution is 2.39. The molecule has 1 saturated carbocycles. The van der Waals surface area contributed by atoms with Crippen LogP contribution in [0.5, 0.6) is 0 Å². The summed E-state index contributed by atoms with van der Waals surface area (Å²) in [6.45, 7) is 0.488. The van der Waals surface area contributed by atoms with Gasteiger partial charge in [-0.1, -0.05) is 41.9 Å². The lowest BCUT2D eigenvalue weighted by molar-refractivity contribution is -0.125. The summed E-state index contributed by atoms with van der Waals surface area (Å²) in [5.41, 5.74) is 1.73. The predicted octanol–water partition coefficient (Wildman–Crippen LogP) is 3.23. The number of carbonyl (C=O) groups excluding carboxylic acids is 2. The first-order chi connectivity index (χ1) is 11.1. The van der Waals surface area contributed by atoms with Crippen LogP contribution >= 0.6 is 11.6 Å². The normalized spacial score (nSPS) is 19.0. The summed E-state index contributed by atoms with van der Waals surface area (Å²) in [4.78, 5) is 24.2. The van der Waals surface area contributed by atoms with Crippen molar-refractivity contribution >= 4 is 29.1 Å². The number of halogens is 1. The molecule has 0 bridgehead atoms. The fourth-order valence-corrected chi connectivity index (χ4v) is 2.58. The second-order valence-electron chi connectivity index (χ2n) is 5.65. The highest BCUT2D eigenvalue weighted by atomic mass is 35.5. The predicted molar refractivity (Wildman–Crippen MR) is 90.0 cm³/mol. The van der Waals surface area contributed by atoms with Crippen LogP contribution in [0.25, 0.3) is 0 Å². The van der Waals surface area contributed by atoms with Crippen molar-refractivity contribution in [2.75, 3.05) is 5.32 Å². The third-order valence-electron chi connectivity index (χ3n) is 3.89. The molecule has 118 valence electrons. The molecule has 4 nitrogen and oxygen atoms in total. The molecule has 0 spiro atoms. The molecule has 0 saturated heterocycles. The lowest BCUT2D eigenvalue weighted by Crippen LogP contribution is -2.27. The second kappa shape index (κ2) is 6.84. The number of amides is 2. The minimum Gasteiger partial charge on any atom is -0.352 e. The Morgan fingerprint density at radius 3 is 2.30 bits per heavy atom. The highest BCUT2D eigenvalue weighted by Gasteiger charge is 2.47. The lowest BCUT2D eigenvalue weighted by Gasteiger charge is -2.06. The molecule has 2 atom stereocenters. The van der Waals surface area contributed by atoms with Crippen LogP contribution in [0.15, 0.2) is 54.6 Å². The maximum atomic E-state index is 12.1. The van der Waals surface area contributed by atoms with Gasteiger partial charge in [-0.25, -0.2) is 0 Å². The standard InChI is InChI=1S/C18H17ClN2O2/c19-13-6-8-14(9-7-13)21-18(23)16-10-15(16)17(22)20-11-12-4-2-1-3-5-12/h1-9,15-16H,10-11H2,(H,20,22)(H,21,23). The first-order valence-corrected chi connectivity index (χ1v) is 7.89. The molecule has 1 aliphatic rings. The molecule has 23 heavy (non-hydrogen) atoms. The van der Waals surface area contributed by atoms with Gasteiger partial charge in [-0.3, -0.25) is 9.59 Å². The fraction of sp³-hybridized carbons (Fsp3) is 0.222. The summed E-state index contributed by atoms with van der Waals surface area (Å²) in [6, 6.07) is 16.6. The van der Waals surface area contributed by atoms with Gasteiger partial charge >= 0.3 is 0 Å². The average molecular weight is 329 g/mol. The maximum absolute atomic E-state index is 12.1. The molecule has 1 fully saturated rings. The van der Waals surface area contributed by atoms with Gasteiger partial charge in [-0.15, -0.1) is 0 Å². The Labute approximate surface area is 139 Å². The van der Waals surface area contributed by atoms with E-state index in [-0.39, 0.29) is 23.7 Å². The molecule has 1 aliphatic carbocycles. The number of benzene rings is 2. The van der Waals surface area contributed by atoms with Gasteiger partial charge in [0.2, 0.25) is 11.8 Å². The molecule has 5 heteroatoms. The van der Waals surface area contributed by atoms with Crippen molar-refractivity contribution in [2.45, 2.75) is 13.0 Å². The topological polar surface area (TPSA) is 58.2 Å². The molecule has 3 rings (SSSR count). The molecule has 2 unspecified atom stereocenters. The number of anilines is 1.